The molecule has 1 aliphatic rings. The average Bonchev–Trinajstić information content (AvgIpc) is 1.99. The zero-order chi connectivity index (χ0) is 11.5. The smallest absolute Gasteiger partial charge is 0.327 e. The van der Waals surface area contributed by atoms with E-state index in [1.165, 1.54) is 0 Å². The molecule has 3 nitrogen and oxygen atoms in total. The molecule has 0 amide bonds. The van der Waals surface area contributed by atoms with Gasteiger partial charge in [0.2, 0.25) is 0 Å². The van der Waals surface area contributed by atoms with Crippen molar-refractivity contribution < 1.29 is 13.2 Å². The number of hydrogen-bond donors (Lipinski definition) is 1. The van der Waals surface area contributed by atoms with Crippen molar-refractivity contribution >= 4 is 0 Å². The lowest BCUT2D eigenvalue weighted by molar-refractivity contribution is -0.148. The van der Waals surface area contributed by atoms with Gasteiger partial charge in [0.25, 0.3) is 0 Å². The van der Waals surface area contributed by atoms with Crippen LogP contribution in [0.1, 0.15) is 12.8 Å². The Morgan fingerprint density at radius 1 is 1.40 bits per heavy atom. The predicted octanol–water partition coefficient (Wildman–Crippen LogP) is 1.11. The molecule has 0 spiro atoms. The summed E-state index contributed by atoms with van der Waals surface area (Å²) in [5.41, 5.74) is 5.65. The summed E-state index contributed by atoms with van der Waals surface area (Å²) in [7, 11) is 0. The number of halogens is 3. The van der Waals surface area contributed by atoms with Gasteiger partial charge in [-0.2, -0.15) is 18.4 Å². The van der Waals surface area contributed by atoms with E-state index in [2.05, 4.69) is 0 Å². The second-order valence-electron chi connectivity index (χ2n) is 4.03. The van der Waals surface area contributed by atoms with E-state index >= 15 is 0 Å². The lowest BCUT2D eigenvalue weighted by atomic mass is 9.92. The molecule has 6 heteroatoms. The minimum absolute atomic E-state index is 0.155. The van der Waals surface area contributed by atoms with E-state index in [0.29, 0.717) is 19.5 Å². The van der Waals surface area contributed by atoms with Crippen molar-refractivity contribution in [2.24, 2.45) is 11.7 Å². The van der Waals surface area contributed by atoms with E-state index in [1.54, 1.807) is 4.90 Å². The van der Waals surface area contributed by atoms with Crippen LogP contribution in [0.2, 0.25) is 0 Å². The Hall–Kier alpha value is -0.800. The maximum Gasteiger partial charge on any atom is 0.389 e. The molecule has 0 radical (unpaired) electrons. The fourth-order valence-corrected chi connectivity index (χ4v) is 2.05. The van der Waals surface area contributed by atoms with E-state index in [9.17, 15) is 13.2 Å². The topological polar surface area (TPSA) is 53.0 Å². The zero-order valence-corrected chi connectivity index (χ0v) is 8.30. The van der Waals surface area contributed by atoms with Crippen molar-refractivity contribution in [3.63, 3.8) is 0 Å². The van der Waals surface area contributed by atoms with Gasteiger partial charge in [0.05, 0.1) is 12.6 Å². The van der Waals surface area contributed by atoms with Crippen LogP contribution < -0.4 is 5.73 Å². The SMILES string of the molecule is N#CCN1CC(N)CC(CC(F)(F)F)C1. The molecule has 1 heterocycles. The Morgan fingerprint density at radius 2 is 2.07 bits per heavy atom. The molecule has 0 aromatic rings. The van der Waals surface area contributed by atoms with Gasteiger partial charge in [0.1, 0.15) is 0 Å². The van der Waals surface area contributed by atoms with Crippen LogP contribution in [-0.2, 0) is 0 Å². The Balaban J connectivity index is 2.49. The van der Waals surface area contributed by atoms with Crippen molar-refractivity contribution in [2.45, 2.75) is 25.1 Å². The number of alkyl halides is 3. The summed E-state index contributed by atoms with van der Waals surface area (Å²) < 4.78 is 36.5. The maximum absolute atomic E-state index is 12.2. The molecular formula is C9H14F3N3. The van der Waals surface area contributed by atoms with Crippen LogP contribution in [0.15, 0.2) is 0 Å². The third kappa shape index (κ3) is 4.49. The number of nitrogens with zero attached hydrogens (tertiary/aromatic N) is 2. The lowest BCUT2D eigenvalue weighted by Crippen LogP contribution is -2.47. The molecule has 86 valence electrons. The summed E-state index contributed by atoms with van der Waals surface area (Å²) in [6.07, 6.45) is -4.55. The lowest BCUT2D eigenvalue weighted by Gasteiger charge is -2.35. The van der Waals surface area contributed by atoms with E-state index < -0.39 is 18.5 Å². The Kier molecular flexibility index (Phi) is 3.94. The van der Waals surface area contributed by atoms with Crippen LogP contribution >= 0.6 is 0 Å². The highest BCUT2D eigenvalue weighted by molar-refractivity contribution is 4.87. The maximum atomic E-state index is 12.2. The first-order chi connectivity index (χ1) is 6.90. The van der Waals surface area contributed by atoms with Crippen LogP contribution in [-0.4, -0.2) is 36.8 Å². The summed E-state index contributed by atoms with van der Waals surface area (Å²) in [5.74, 6) is -0.470. The largest absolute Gasteiger partial charge is 0.389 e. The van der Waals surface area contributed by atoms with Crippen molar-refractivity contribution in [3.8, 4) is 6.07 Å². The fourth-order valence-electron chi connectivity index (χ4n) is 2.05. The van der Waals surface area contributed by atoms with Crippen LogP contribution in [0.5, 0.6) is 0 Å². The van der Waals surface area contributed by atoms with Crippen LogP contribution in [0.25, 0.3) is 0 Å². The minimum Gasteiger partial charge on any atom is -0.327 e. The predicted molar refractivity (Wildman–Crippen MR) is 48.8 cm³/mol. The van der Waals surface area contributed by atoms with Crippen LogP contribution in [0.4, 0.5) is 13.2 Å². The Labute approximate surface area is 86.6 Å². The molecule has 1 saturated heterocycles. The summed E-state index contributed by atoms with van der Waals surface area (Å²) >= 11 is 0. The summed E-state index contributed by atoms with van der Waals surface area (Å²) in [5, 5.41) is 8.47. The first kappa shape index (κ1) is 12.3. The zero-order valence-electron chi connectivity index (χ0n) is 8.30. The van der Waals surface area contributed by atoms with Crippen molar-refractivity contribution in [1.29, 1.82) is 5.26 Å². The van der Waals surface area contributed by atoms with E-state index in [-0.39, 0.29) is 12.6 Å². The van der Waals surface area contributed by atoms with Gasteiger partial charge in [-0.1, -0.05) is 0 Å². The minimum atomic E-state index is -4.14. The number of hydrogen-bond acceptors (Lipinski definition) is 3. The number of rotatable bonds is 2. The van der Waals surface area contributed by atoms with Crippen molar-refractivity contribution in [1.82, 2.24) is 4.90 Å². The first-order valence-electron chi connectivity index (χ1n) is 4.82. The van der Waals surface area contributed by atoms with Crippen molar-refractivity contribution in [3.05, 3.63) is 0 Å². The molecule has 1 rings (SSSR count). The third-order valence-corrected chi connectivity index (χ3v) is 2.46. The second-order valence-corrected chi connectivity index (χ2v) is 4.03. The standard InChI is InChI=1S/C9H14F3N3/c10-9(11,12)4-7-3-8(14)6-15(5-7)2-1-13/h7-8H,2-6,14H2. The highest BCUT2D eigenvalue weighted by Crippen LogP contribution is 2.29. The molecule has 0 saturated carbocycles. The molecule has 0 aliphatic carbocycles. The monoisotopic (exact) mass is 221 g/mol. The van der Waals surface area contributed by atoms with Gasteiger partial charge in [-0.15, -0.1) is 0 Å². The van der Waals surface area contributed by atoms with E-state index in [4.69, 9.17) is 11.0 Å². The Bertz CT molecular complexity index is 246. The van der Waals surface area contributed by atoms with Gasteiger partial charge in [0, 0.05) is 25.6 Å². The fraction of sp³-hybridized carbons (Fsp3) is 0.889. The quantitative estimate of drug-likeness (QED) is 0.711. The molecule has 2 unspecified atom stereocenters. The van der Waals surface area contributed by atoms with Gasteiger partial charge < -0.3 is 5.73 Å². The molecule has 15 heavy (non-hydrogen) atoms. The number of likely N-dealkylation sites (tertiary alicyclic amines) is 1. The summed E-state index contributed by atoms with van der Waals surface area (Å²) in [6, 6.07) is 1.68. The second kappa shape index (κ2) is 4.81. The van der Waals surface area contributed by atoms with Crippen molar-refractivity contribution in [2.75, 3.05) is 19.6 Å². The highest BCUT2D eigenvalue weighted by Gasteiger charge is 2.35. The molecular weight excluding hydrogens is 207 g/mol. The molecule has 2 atom stereocenters. The van der Waals surface area contributed by atoms with Gasteiger partial charge in [-0.3, -0.25) is 4.90 Å². The highest BCUT2D eigenvalue weighted by atomic mass is 19.4. The number of piperidine rings is 1. The molecule has 0 aromatic carbocycles. The van der Waals surface area contributed by atoms with Gasteiger partial charge in [-0.25, -0.2) is 0 Å². The number of nitriles is 1. The average molecular weight is 221 g/mol. The molecule has 0 bridgehead atoms. The van der Waals surface area contributed by atoms with Crippen LogP contribution in [0.3, 0.4) is 0 Å². The summed E-state index contributed by atoms with van der Waals surface area (Å²) in [6.45, 7) is 0.991. The molecule has 0 aromatic heterocycles. The third-order valence-electron chi connectivity index (χ3n) is 2.46. The number of nitrogens with two attached hydrogens (primary N) is 1. The Morgan fingerprint density at radius 3 is 2.60 bits per heavy atom. The van der Waals surface area contributed by atoms with E-state index in [1.807, 2.05) is 6.07 Å². The molecule has 1 fully saturated rings. The normalized spacial score (nSPS) is 28.7. The molecule has 2 N–H and O–H groups in total. The summed E-state index contributed by atoms with van der Waals surface area (Å²) in [4.78, 5) is 1.69. The van der Waals surface area contributed by atoms with Crippen LogP contribution in [0, 0.1) is 17.2 Å². The first-order valence-corrected chi connectivity index (χ1v) is 4.82. The van der Waals surface area contributed by atoms with Gasteiger partial charge in [-0.05, 0) is 12.3 Å². The van der Waals surface area contributed by atoms with E-state index in [0.717, 1.165) is 0 Å². The van der Waals surface area contributed by atoms with Gasteiger partial charge >= 0.3 is 6.18 Å². The van der Waals surface area contributed by atoms with Gasteiger partial charge in [0.15, 0.2) is 0 Å². The molecule has 1 aliphatic heterocycles.